The number of anilines is 1. The summed E-state index contributed by atoms with van der Waals surface area (Å²) in [6, 6.07) is 11.1. The lowest BCUT2D eigenvalue weighted by molar-refractivity contribution is -0.125. The highest BCUT2D eigenvalue weighted by Crippen LogP contribution is 2.22. The third-order valence-corrected chi connectivity index (χ3v) is 4.19. The molecule has 3 rings (SSSR count). The fourth-order valence-corrected chi connectivity index (χ4v) is 2.91. The molecule has 25 heavy (non-hydrogen) atoms. The van der Waals surface area contributed by atoms with Crippen LogP contribution in [0.5, 0.6) is 0 Å². The van der Waals surface area contributed by atoms with Gasteiger partial charge in [-0.1, -0.05) is 35.3 Å². The molecule has 6 nitrogen and oxygen atoms in total. The first-order valence-electron chi connectivity index (χ1n) is 7.37. The Morgan fingerprint density at radius 3 is 2.64 bits per heavy atom. The van der Waals surface area contributed by atoms with Crippen LogP contribution in [0.3, 0.4) is 0 Å². The van der Waals surface area contributed by atoms with Crippen molar-refractivity contribution in [3.05, 3.63) is 63.6 Å². The van der Waals surface area contributed by atoms with Crippen LogP contribution in [0.25, 0.3) is 0 Å². The molecule has 128 valence electrons. The molecule has 0 aliphatic carbocycles. The molecule has 2 aromatic carbocycles. The van der Waals surface area contributed by atoms with E-state index in [1.54, 1.807) is 30.3 Å². The van der Waals surface area contributed by atoms with Crippen molar-refractivity contribution in [1.29, 1.82) is 0 Å². The minimum atomic E-state index is -0.424. The van der Waals surface area contributed by atoms with Crippen molar-refractivity contribution in [2.24, 2.45) is 0 Å². The maximum atomic E-state index is 12.3. The summed E-state index contributed by atoms with van der Waals surface area (Å²) in [4.78, 5) is 36.7. The summed E-state index contributed by atoms with van der Waals surface area (Å²) in [5.74, 6) is -0.666. The first kappa shape index (κ1) is 17.3. The highest BCUT2D eigenvalue weighted by atomic mass is 35.5. The maximum Gasteiger partial charge on any atom is 0.324 e. The SMILES string of the molecule is O=C(Nc1cccc(CN2C(=O)CNC2=O)c1)c1ccc(Cl)cc1Cl. The highest BCUT2D eigenvalue weighted by molar-refractivity contribution is 6.37. The first-order chi connectivity index (χ1) is 11.9. The number of benzene rings is 2. The number of nitrogens with one attached hydrogen (secondary N) is 2. The number of amides is 4. The summed E-state index contributed by atoms with van der Waals surface area (Å²) in [7, 11) is 0. The van der Waals surface area contributed by atoms with Crippen LogP contribution in [-0.2, 0) is 11.3 Å². The Bertz CT molecular complexity index is 854. The number of imide groups is 1. The molecular formula is C17H13Cl2N3O3. The second-order valence-electron chi connectivity index (χ2n) is 5.42. The van der Waals surface area contributed by atoms with Crippen molar-refractivity contribution in [2.45, 2.75) is 6.54 Å². The van der Waals surface area contributed by atoms with Gasteiger partial charge in [-0.15, -0.1) is 0 Å². The van der Waals surface area contributed by atoms with Gasteiger partial charge in [0.05, 0.1) is 23.7 Å². The zero-order valence-electron chi connectivity index (χ0n) is 12.9. The van der Waals surface area contributed by atoms with Gasteiger partial charge in [-0.25, -0.2) is 4.79 Å². The van der Waals surface area contributed by atoms with Gasteiger partial charge < -0.3 is 10.6 Å². The Balaban J connectivity index is 1.74. The Labute approximate surface area is 153 Å². The molecule has 2 N–H and O–H groups in total. The van der Waals surface area contributed by atoms with Gasteiger partial charge in [0.1, 0.15) is 0 Å². The molecule has 0 aromatic heterocycles. The summed E-state index contributed by atoms with van der Waals surface area (Å²) in [6.45, 7) is 0.139. The van der Waals surface area contributed by atoms with Gasteiger partial charge >= 0.3 is 6.03 Å². The van der Waals surface area contributed by atoms with Crippen LogP contribution in [0, 0.1) is 0 Å². The van der Waals surface area contributed by atoms with Gasteiger partial charge in [0.2, 0.25) is 5.91 Å². The number of carbonyl (C=O) groups excluding carboxylic acids is 3. The lowest BCUT2D eigenvalue weighted by Gasteiger charge is -2.13. The van der Waals surface area contributed by atoms with Crippen molar-refractivity contribution in [1.82, 2.24) is 10.2 Å². The van der Waals surface area contributed by atoms with Gasteiger partial charge in [0.15, 0.2) is 0 Å². The zero-order chi connectivity index (χ0) is 18.0. The van der Waals surface area contributed by atoms with Gasteiger partial charge in [0.25, 0.3) is 5.91 Å². The standard InChI is InChI=1S/C17H13Cl2N3O3/c18-11-4-5-13(14(19)7-11)16(24)21-12-3-1-2-10(6-12)9-22-15(23)8-20-17(22)25/h1-7H,8-9H2,(H,20,25)(H,21,24). The topological polar surface area (TPSA) is 78.5 Å². The van der Waals surface area contributed by atoms with E-state index in [1.807, 2.05) is 0 Å². The molecule has 0 unspecified atom stereocenters. The molecule has 1 fully saturated rings. The fourth-order valence-electron chi connectivity index (χ4n) is 2.42. The predicted molar refractivity (Wildman–Crippen MR) is 94.8 cm³/mol. The minimum Gasteiger partial charge on any atom is -0.329 e. The zero-order valence-corrected chi connectivity index (χ0v) is 14.4. The van der Waals surface area contributed by atoms with E-state index in [1.165, 1.54) is 12.1 Å². The Hall–Kier alpha value is -2.57. The van der Waals surface area contributed by atoms with E-state index < -0.39 is 6.03 Å². The molecule has 0 bridgehead atoms. The van der Waals surface area contributed by atoms with Crippen molar-refractivity contribution < 1.29 is 14.4 Å². The largest absolute Gasteiger partial charge is 0.329 e. The normalized spacial score (nSPS) is 13.8. The van der Waals surface area contributed by atoms with Crippen LogP contribution in [-0.4, -0.2) is 29.3 Å². The minimum absolute atomic E-state index is 0.00429. The van der Waals surface area contributed by atoms with E-state index in [9.17, 15) is 14.4 Å². The van der Waals surface area contributed by atoms with Crippen LogP contribution < -0.4 is 10.6 Å². The van der Waals surface area contributed by atoms with Crippen LogP contribution in [0.1, 0.15) is 15.9 Å². The van der Waals surface area contributed by atoms with Gasteiger partial charge in [0, 0.05) is 10.7 Å². The summed E-state index contributed by atoms with van der Waals surface area (Å²) >= 11 is 11.9. The first-order valence-corrected chi connectivity index (χ1v) is 8.13. The Kier molecular flexibility index (Phi) is 4.92. The van der Waals surface area contributed by atoms with Gasteiger partial charge in [-0.05, 0) is 35.9 Å². The second kappa shape index (κ2) is 7.13. The fraction of sp³-hybridized carbons (Fsp3) is 0.118. The molecule has 0 radical (unpaired) electrons. The number of nitrogens with zero attached hydrogens (tertiary/aromatic N) is 1. The number of hydrogen-bond donors (Lipinski definition) is 2. The highest BCUT2D eigenvalue weighted by Gasteiger charge is 2.28. The van der Waals surface area contributed by atoms with E-state index in [4.69, 9.17) is 23.2 Å². The molecule has 0 saturated carbocycles. The van der Waals surface area contributed by atoms with Crippen molar-refractivity contribution >= 4 is 46.7 Å². The average molecular weight is 378 g/mol. The average Bonchev–Trinajstić information content (AvgIpc) is 2.87. The molecule has 1 aliphatic heterocycles. The van der Waals surface area contributed by atoms with Crippen LogP contribution in [0.4, 0.5) is 10.5 Å². The Morgan fingerprint density at radius 2 is 1.96 bits per heavy atom. The Morgan fingerprint density at radius 1 is 1.16 bits per heavy atom. The molecule has 8 heteroatoms. The lowest BCUT2D eigenvalue weighted by Crippen LogP contribution is -2.30. The van der Waals surface area contributed by atoms with E-state index in [0.717, 1.165) is 4.90 Å². The summed E-state index contributed by atoms with van der Waals surface area (Å²) in [5.41, 5.74) is 1.54. The maximum absolute atomic E-state index is 12.3. The van der Waals surface area contributed by atoms with E-state index >= 15 is 0 Å². The third-order valence-electron chi connectivity index (χ3n) is 3.64. The molecular weight excluding hydrogens is 365 g/mol. The molecule has 0 atom stereocenters. The van der Waals surface area contributed by atoms with E-state index in [0.29, 0.717) is 21.8 Å². The summed E-state index contributed by atoms with van der Waals surface area (Å²) < 4.78 is 0. The number of rotatable bonds is 4. The molecule has 1 aliphatic rings. The number of urea groups is 1. The monoisotopic (exact) mass is 377 g/mol. The molecule has 0 spiro atoms. The van der Waals surface area contributed by atoms with Crippen molar-refractivity contribution in [2.75, 3.05) is 11.9 Å². The van der Waals surface area contributed by atoms with E-state index in [-0.39, 0.29) is 29.9 Å². The quantitative estimate of drug-likeness (QED) is 0.802. The lowest BCUT2D eigenvalue weighted by atomic mass is 10.1. The molecule has 2 aromatic rings. The molecule has 1 saturated heterocycles. The number of hydrogen-bond acceptors (Lipinski definition) is 3. The number of halogens is 2. The van der Waals surface area contributed by atoms with Gasteiger partial charge in [-0.3, -0.25) is 14.5 Å². The number of carbonyl (C=O) groups is 3. The van der Waals surface area contributed by atoms with Gasteiger partial charge in [-0.2, -0.15) is 0 Å². The van der Waals surface area contributed by atoms with Crippen molar-refractivity contribution in [3.63, 3.8) is 0 Å². The van der Waals surface area contributed by atoms with E-state index in [2.05, 4.69) is 10.6 Å². The van der Waals surface area contributed by atoms with Crippen molar-refractivity contribution in [3.8, 4) is 0 Å². The second-order valence-corrected chi connectivity index (χ2v) is 6.26. The van der Waals surface area contributed by atoms with Crippen LogP contribution >= 0.6 is 23.2 Å². The summed E-state index contributed by atoms with van der Waals surface area (Å²) in [5, 5.41) is 5.89. The third kappa shape index (κ3) is 3.92. The van der Waals surface area contributed by atoms with Crippen LogP contribution in [0.2, 0.25) is 10.0 Å². The van der Waals surface area contributed by atoms with Crippen LogP contribution in [0.15, 0.2) is 42.5 Å². The molecule has 4 amide bonds. The molecule has 1 heterocycles. The predicted octanol–water partition coefficient (Wildman–Crippen LogP) is 3.30. The smallest absolute Gasteiger partial charge is 0.324 e. The summed E-state index contributed by atoms with van der Waals surface area (Å²) in [6.07, 6.45) is 0.